The zero-order chi connectivity index (χ0) is 16.4. The van der Waals surface area contributed by atoms with E-state index in [2.05, 4.69) is 0 Å². The molecule has 2 aliphatic rings. The minimum atomic E-state index is -0.792. The number of carbonyl (C=O) groups is 1. The van der Waals surface area contributed by atoms with Crippen LogP contribution in [0.15, 0.2) is 36.4 Å². The van der Waals surface area contributed by atoms with Crippen LogP contribution in [0.1, 0.15) is 24.0 Å². The van der Waals surface area contributed by atoms with E-state index >= 15 is 0 Å². The molecule has 0 radical (unpaired) electrons. The van der Waals surface area contributed by atoms with Crippen LogP contribution >= 0.6 is 0 Å². The Hall–Kier alpha value is -2.69. The number of benzene rings is 2. The fraction of sp³-hybridized carbons (Fsp3) is 0.316. The maximum Gasteiger partial charge on any atom is 0.519 e. The Balaban J connectivity index is 1.52. The molecule has 0 saturated heterocycles. The minimum absolute atomic E-state index is 0.392. The molecule has 0 fully saturated rings. The maximum absolute atomic E-state index is 12.2. The van der Waals surface area contributed by atoms with Crippen molar-refractivity contribution >= 4 is 6.16 Å². The second-order valence-electron chi connectivity index (χ2n) is 5.85. The van der Waals surface area contributed by atoms with E-state index in [1.165, 1.54) is 0 Å². The summed E-state index contributed by atoms with van der Waals surface area (Å²) in [6.45, 7) is 1.25. The van der Waals surface area contributed by atoms with Gasteiger partial charge in [-0.1, -0.05) is 24.3 Å². The van der Waals surface area contributed by atoms with Gasteiger partial charge in [0.1, 0.15) is 0 Å². The van der Waals surface area contributed by atoms with Crippen LogP contribution < -0.4 is 18.9 Å². The van der Waals surface area contributed by atoms with Crippen LogP contribution in [0.2, 0.25) is 0 Å². The lowest BCUT2D eigenvalue weighted by atomic mass is 10.1. The third-order valence-corrected chi connectivity index (χ3v) is 4.18. The van der Waals surface area contributed by atoms with Gasteiger partial charge in [0.05, 0.1) is 13.2 Å². The topological polar surface area (TPSA) is 54.0 Å². The van der Waals surface area contributed by atoms with Crippen molar-refractivity contribution in [3.63, 3.8) is 0 Å². The van der Waals surface area contributed by atoms with E-state index in [9.17, 15) is 4.79 Å². The lowest BCUT2D eigenvalue weighted by Gasteiger charge is -2.21. The lowest BCUT2D eigenvalue weighted by Crippen LogP contribution is -2.18. The van der Waals surface area contributed by atoms with Gasteiger partial charge in [0.15, 0.2) is 23.0 Å². The van der Waals surface area contributed by atoms with Crippen molar-refractivity contribution in [2.75, 3.05) is 13.2 Å². The Bertz CT molecular complexity index is 705. The van der Waals surface area contributed by atoms with Crippen LogP contribution in [0.25, 0.3) is 0 Å². The van der Waals surface area contributed by atoms with E-state index < -0.39 is 6.16 Å². The fourth-order valence-electron chi connectivity index (χ4n) is 3.08. The number of ether oxygens (including phenoxy) is 4. The molecule has 0 amide bonds. The number of carbonyl (C=O) groups excluding carboxylic acids is 1. The molecule has 0 spiro atoms. The summed E-state index contributed by atoms with van der Waals surface area (Å²) in [6, 6.07) is 11.1. The van der Waals surface area contributed by atoms with Crippen LogP contribution in [0, 0.1) is 0 Å². The zero-order valence-corrected chi connectivity index (χ0v) is 13.2. The molecule has 5 heteroatoms. The van der Waals surface area contributed by atoms with Gasteiger partial charge in [-0.25, -0.2) is 4.79 Å². The molecular formula is C19H18O5. The first kappa shape index (κ1) is 14.9. The molecule has 2 aromatic carbocycles. The van der Waals surface area contributed by atoms with Gasteiger partial charge in [-0.2, -0.15) is 0 Å². The molecule has 0 unspecified atom stereocenters. The molecule has 2 aromatic rings. The number of aryl methyl sites for hydroxylation is 2. The van der Waals surface area contributed by atoms with Crippen molar-refractivity contribution in [3.05, 3.63) is 47.5 Å². The molecule has 0 atom stereocenters. The highest BCUT2D eigenvalue weighted by atomic mass is 16.7. The van der Waals surface area contributed by atoms with Crippen molar-refractivity contribution in [1.29, 1.82) is 0 Å². The van der Waals surface area contributed by atoms with Crippen molar-refractivity contribution < 1.29 is 23.7 Å². The van der Waals surface area contributed by atoms with Crippen LogP contribution in [0.3, 0.4) is 0 Å². The predicted octanol–water partition coefficient (Wildman–Crippen LogP) is 3.91. The molecule has 5 nitrogen and oxygen atoms in total. The predicted molar refractivity (Wildman–Crippen MR) is 87.2 cm³/mol. The normalized spacial score (nSPS) is 15.3. The summed E-state index contributed by atoms with van der Waals surface area (Å²) in [4.78, 5) is 12.2. The minimum Gasteiger partial charge on any atom is -0.489 e. The largest absolute Gasteiger partial charge is 0.519 e. The number of para-hydroxylation sites is 2. The van der Waals surface area contributed by atoms with Crippen molar-refractivity contribution in [1.82, 2.24) is 0 Å². The first-order valence-electron chi connectivity index (χ1n) is 8.20. The van der Waals surface area contributed by atoms with Crippen molar-refractivity contribution in [3.8, 4) is 23.0 Å². The molecule has 2 heterocycles. The first-order chi connectivity index (χ1) is 11.8. The molecule has 0 aliphatic carbocycles. The summed E-state index contributed by atoms with van der Waals surface area (Å²) in [5, 5.41) is 0. The monoisotopic (exact) mass is 326 g/mol. The summed E-state index contributed by atoms with van der Waals surface area (Å²) >= 11 is 0. The maximum atomic E-state index is 12.2. The highest BCUT2D eigenvalue weighted by Gasteiger charge is 2.21. The Morgan fingerprint density at radius 1 is 0.792 bits per heavy atom. The number of hydrogen-bond acceptors (Lipinski definition) is 5. The van der Waals surface area contributed by atoms with Gasteiger partial charge in [0.25, 0.3) is 0 Å². The summed E-state index contributed by atoms with van der Waals surface area (Å²) in [7, 11) is 0. The Labute approximate surface area is 140 Å². The SMILES string of the molecule is O=C(Oc1cccc2c1OCCC2)Oc1cccc2c1OCCC2. The molecule has 0 saturated carbocycles. The van der Waals surface area contributed by atoms with Gasteiger partial charge >= 0.3 is 6.16 Å². The van der Waals surface area contributed by atoms with Gasteiger partial charge in [0, 0.05) is 0 Å². The van der Waals surface area contributed by atoms with Gasteiger partial charge in [-0.15, -0.1) is 0 Å². The van der Waals surface area contributed by atoms with Gasteiger partial charge < -0.3 is 18.9 Å². The third-order valence-electron chi connectivity index (χ3n) is 4.18. The van der Waals surface area contributed by atoms with Crippen LogP contribution in [0.5, 0.6) is 23.0 Å². The number of hydrogen-bond donors (Lipinski definition) is 0. The number of fused-ring (bicyclic) bond motifs is 2. The molecule has 24 heavy (non-hydrogen) atoms. The Morgan fingerprint density at radius 2 is 1.29 bits per heavy atom. The average molecular weight is 326 g/mol. The Morgan fingerprint density at radius 3 is 1.79 bits per heavy atom. The molecular weight excluding hydrogens is 308 g/mol. The van der Waals surface area contributed by atoms with Crippen LogP contribution in [-0.2, 0) is 12.8 Å². The second kappa shape index (κ2) is 6.43. The van der Waals surface area contributed by atoms with Gasteiger partial charge in [-0.3, -0.25) is 0 Å². The lowest BCUT2D eigenvalue weighted by molar-refractivity contribution is 0.145. The molecule has 2 aliphatic heterocycles. The first-order valence-corrected chi connectivity index (χ1v) is 8.20. The highest BCUT2D eigenvalue weighted by molar-refractivity contribution is 5.70. The van der Waals surface area contributed by atoms with E-state index in [1.54, 1.807) is 12.1 Å². The standard InChI is InChI=1S/C19H18O5/c20-19(23-15-9-1-5-13-7-3-11-21-17(13)15)24-16-10-2-6-14-8-4-12-22-18(14)16/h1-2,5-6,9-10H,3-4,7-8,11-12H2. The van der Waals surface area contributed by atoms with Crippen molar-refractivity contribution in [2.45, 2.75) is 25.7 Å². The molecule has 0 N–H and O–H groups in total. The average Bonchev–Trinajstić information content (AvgIpc) is 2.62. The second-order valence-corrected chi connectivity index (χ2v) is 5.85. The van der Waals surface area contributed by atoms with E-state index in [-0.39, 0.29) is 0 Å². The third kappa shape index (κ3) is 2.89. The summed E-state index contributed by atoms with van der Waals surface area (Å²) in [6.07, 6.45) is 2.98. The summed E-state index contributed by atoms with van der Waals surface area (Å²) in [5.74, 6) is 2.05. The zero-order valence-electron chi connectivity index (χ0n) is 13.2. The van der Waals surface area contributed by atoms with E-state index in [0.717, 1.165) is 36.8 Å². The Kier molecular flexibility index (Phi) is 3.99. The van der Waals surface area contributed by atoms with Gasteiger partial charge in [-0.05, 0) is 48.9 Å². The molecule has 0 bridgehead atoms. The molecule has 124 valence electrons. The smallest absolute Gasteiger partial charge is 0.489 e. The molecule has 0 aromatic heterocycles. The summed E-state index contributed by atoms with van der Waals surface area (Å²) in [5.41, 5.74) is 2.10. The van der Waals surface area contributed by atoms with E-state index in [1.807, 2.05) is 24.3 Å². The van der Waals surface area contributed by atoms with Crippen LogP contribution in [0.4, 0.5) is 4.79 Å². The van der Waals surface area contributed by atoms with Gasteiger partial charge in [0.2, 0.25) is 0 Å². The van der Waals surface area contributed by atoms with E-state index in [0.29, 0.717) is 36.2 Å². The quantitative estimate of drug-likeness (QED) is 0.618. The molecule has 4 rings (SSSR count). The van der Waals surface area contributed by atoms with Crippen molar-refractivity contribution in [2.24, 2.45) is 0 Å². The highest BCUT2D eigenvalue weighted by Crippen LogP contribution is 2.37. The fourth-order valence-corrected chi connectivity index (χ4v) is 3.08. The number of rotatable bonds is 2. The summed E-state index contributed by atoms with van der Waals surface area (Å²) < 4.78 is 22.0. The van der Waals surface area contributed by atoms with Crippen LogP contribution in [-0.4, -0.2) is 19.4 Å². The van der Waals surface area contributed by atoms with E-state index in [4.69, 9.17) is 18.9 Å².